The van der Waals surface area contributed by atoms with Crippen LogP contribution >= 0.6 is 23.1 Å². The number of aromatic nitrogens is 2. The molecule has 1 amide bonds. The molecule has 0 bridgehead atoms. The number of rotatable bonds is 4. The lowest BCUT2D eigenvalue weighted by atomic mass is 10.1. The van der Waals surface area contributed by atoms with Gasteiger partial charge in [-0.2, -0.15) is 0 Å². The number of primary amides is 1. The smallest absolute Gasteiger partial charge is 0.235 e. The monoisotopic (exact) mass is 344 g/mol. The summed E-state index contributed by atoms with van der Waals surface area (Å²) in [7, 11) is 0. The molecule has 1 atom stereocenters. The Morgan fingerprint density at radius 3 is 2.57 bits per heavy atom. The van der Waals surface area contributed by atoms with Gasteiger partial charge < -0.3 is 11.5 Å². The average molecular weight is 344 g/mol. The largest absolute Gasteiger partial charge is 0.383 e. The van der Waals surface area contributed by atoms with Gasteiger partial charge in [0.25, 0.3) is 0 Å². The summed E-state index contributed by atoms with van der Waals surface area (Å²) in [5.41, 5.74) is 13.6. The van der Waals surface area contributed by atoms with Crippen LogP contribution in [0.3, 0.4) is 0 Å². The van der Waals surface area contributed by atoms with E-state index >= 15 is 0 Å². The summed E-state index contributed by atoms with van der Waals surface area (Å²) in [4.78, 5) is 22.7. The van der Waals surface area contributed by atoms with E-state index in [1.54, 1.807) is 11.3 Å². The van der Waals surface area contributed by atoms with Crippen molar-refractivity contribution in [3.8, 4) is 0 Å². The molecule has 1 aromatic carbocycles. The molecule has 118 valence electrons. The normalized spacial score (nSPS) is 12.4. The van der Waals surface area contributed by atoms with Crippen molar-refractivity contribution in [3.05, 3.63) is 46.3 Å². The fraction of sp³-hybridized carbons (Fsp3) is 0.188. The van der Waals surface area contributed by atoms with Gasteiger partial charge in [-0.05, 0) is 25.0 Å². The van der Waals surface area contributed by atoms with Crippen LogP contribution in [0.1, 0.15) is 21.3 Å². The summed E-state index contributed by atoms with van der Waals surface area (Å²) < 4.78 is 0. The highest BCUT2D eigenvalue weighted by Gasteiger charge is 2.22. The van der Waals surface area contributed by atoms with Crippen molar-refractivity contribution < 1.29 is 4.79 Å². The topological polar surface area (TPSA) is 94.9 Å². The number of carbonyl (C=O) groups is 1. The van der Waals surface area contributed by atoms with E-state index in [1.807, 2.05) is 44.2 Å². The van der Waals surface area contributed by atoms with Crippen LogP contribution in [-0.4, -0.2) is 15.9 Å². The van der Waals surface area contributed by atoms with E-state index in [0.717, 1.165) is 26.2 Å². The lowest BCUT2D eigenvalue weighted by Crippen LogP contribution is -2.19. The third-order valence-electron chi connectivity index (χ3n) is 3.62. The number of hydrogen-bond donors (Lipinski definition) is 2. The van der Waals surface area contributed by atoms with Crippen LogP contribution in [0.2, 0.25) is 0 Å². The molecule has 4 N–H and O–H groups in total. The number of benzene rings is 1. The lowest BCUT2D eigenvalue weighted by Gasteiger charge is -2.12. The molecule has 3 aromatic rings. The Kier molecular flexibility index (Phi) is 4.23. The highest BCUT2D eigenvalue weighted by Crippen LogP contribution is 2.37. The predicted molar refractivity (Wildman–Crippen MR) is 95.5 cm³/mol. The Hall–Kier alpha value is -2.12. The molecule has 2 heterocycles. The van der Waals surface area contributed by atoms with Crippen LogP contribution in [-0.2, 0) is 4.79 Å². The Morgan fingerprint density at radius 1 is 1.22 bits per heavy atom. The molecule has 3 rings (SSSR count). The molecular formula is C16H16N4OS2. The highest BCUT2D eigenvalue weighted by atomic mass is 32.2. The zero-order valence-electron chi connectivity index (χ0n) is 12.7. The van der Waals surface area contributed by atoms with E-state index < -0.39 is 11.2 Å². The maximum Gasteiger partial charge on any atom is 0.235 e. The Bertz CT molecular complexity index is 877. The molecule has 0 aliphatic heterocycles. The third-order valence-corrected chi connectivity index (χ3v) is 5.85. The first-order valence-corrected chi connectivity index (χ1v) is 8.71. The summed E-state index contributed by atoms with van der Waals surface area (Å²) in [6, 6.07) is 9.37. The SMILES string of the molecule is Cc1sc2nc(S[C@H](C(N)=O)c3ccccc3)nc(N)c2c1C. The number of thiophene rings is 1. The Balaban J connectivity index is 2.01. The maximum atomic E-state index is 11.8. The van der Waals surface area contributed by atoms with Gasteiger partial charge in [0, 0.05) is 4.88 Å². The van der Waals surface area contributed by atoms with Crippen LogP contribution in [0.25, 0.3) is 10.2 Å². The number of aryl methyl sites for hydroxylation is 2. The molecule has 0 spiro atoms. The Labute approximate surface area is 142 Å². The molecule has 0 aliphatic rings. The van der Waals surface area contributed by atoms with Gasteiger partial charge in [-0.15, -0.1) is 11.3 Å². The van der Waals surface area contributed by atoms with E-state index in [0.29, 0.717) is 11.0 Å². The molecule has 7 heteroatoms. The standard InChI is InChI=1S/C16H16N4OS2/c1-8-9(2)22-15-11(8)13(17)19-16(20-15)23-12(14(18)21)10-6-4-3-5-7-10/h3-7,12H,1-2H3,(H2,18,21)(H2,17,19,20)/t12-/m0/s1. The number of carbonyl (C=O) groups excluding carboxylic acids is 1. The van der Waals surface area contributed by atoms with Gasteiger partial charge >= 0.3 is 0 Å². The number of nitrogens with zero attached hydrogens (tertiary/aromatic N) is 2. The minimum Gasteiger partial charge on any atom is -0.383 e. The van der Waals surface area contributed by atoms with Crippen LogP contribution in [0, 0.1) is 13.8 Å². The number of nitrogens with two attached hydrogens (primary N) is 2. The van der Waals surface area contributed by atoms with Crippen molar-refractivity contribution in [3.63, 3.8) is 0 Å². The quantitative estimate of drug-likeness (QED) is 0.560. The molecule has 0 unspecified atom stereocenters. The molecular weight excluding hydrogens is 328 g/mol. The van der Waals surface area contributed by atoms with E-state index in [1.165, 1.54) is 11.8 Å². The number of amides is 1. The highest BCUT2D eigenvalue weighted by molar-refractivity contribution is 8.00. The van der Waals surface area contributed by atoms with Crippen LogP contribution in [0.4, 0.5) is 5.82 Å². The summed E-state index contributed by atoms with van der Waals surface area (Å²) in [5.74, 6) is 0.0117. The van der Waals surface area contributed by atoms with Crippen LogP contribution in [0.15, 0.2) is 35.5 Å². The number of nitrogen functional groups attached to an aromatic ring is 1. The molecule has 5 nitrogen and oxygen atoms in total. The second-order valence-electron chi connectivity index (χ2n) is 5.17. The minimum absolute atomic E-state index is 0.429. The summed E-state index contributed by atoms with van der Waals surface area (Å²) in [5, 5.41) is 0.811. The van der Waals surface area contributed by atoms with Crippen molar-refractivity contribution >= 4 is 45.0 Å². The molecule has 0 radical (unpaired) electrons. The molecule has 0 saturated carbocycles. The number of anilines is 1. The zero-order valence-corrected chi connectivity index (χ0v) is 14.4. The van der Waals surface area contributed by atoms with Gasteiger partial charge in [0.15, 0.2) is 5.16 Å². The van der Waals surface area contributed by atoms with E-state index in [2.05, 4.69) is 9.97 Å². The van der Waals surface area contributed by atoms with Gasteiger partial charge in [-0.1, -0.05) is 42.1 Å². The lowest BCUT2D eigenvalue weighted by molar-refractivity contribution is -0.117. The molecule has 2 aromatic heterocycles. The number of thioether (sulfide) groups is 1. The van der Waals surface area contributed by atoms with E-state index in [4.69, 9.17) is 11.5 Å². The number of fused-ring (bicyclic) bond motifs is 1. The first kappa shape index (κ1) is 15.8. The van der Waals surface area contributed by atoms with Gasteiger partial charge in [0.1, 0.15) is 15.9 Å². The molecule has 0 aliphatic carbocycles. The summed E-state index contributed by atoms with van der Waals surface area (Å²) >= 11 is 2.80. The first-order valence-electron chi connectivity index (χ1n) is 7.01. The van der Waals surface area contributed by atoms with Crippen molar-refractivity contribution in [2.45, 2.75) is 24.3 Å². The minimum atomic E-state index is -0.546. The third kappa shape index (κ3) is 3.02. The van der Waals surface area contributed by atoms with Gasteiger partial charge in [-0.3, -0.25) is 4.79 Å². The van der Waals surface area contributed by atoms with Gasteiger partial charge in [0.2, 0.25) is 5.91 Å². The fourth-order valence-corrected chi connectivity index (χ4v) is 4.35. The second kappa shape index (κ2) is 6.17. The predicted octanol–water partition coefficient (Wildman–Crippen LogP) is 3.21. The molecule has 0 saturated heterocycles. The van der Waals surface area contributed by atoms with Crippen LogP contribution < -0.4 is 11.5 Å². The van der Waals surface area contributed by atoms with Gasteiger partial charge in [-0.25, -0.2) is 9.97 Å². The van der Waals surface area contributed by atoms with Crippen LogP contribution in [0.5, 0.6) is 0 Å². The summed E-state index contributed by atoms with van der Waals surface area (Å²) in [6.07, 6.45) is 0. The molecule has 0 fully saturated rings. The maximum absolute atomic E-state index is 11.8. The van der Waals surface area contributed by atoms with E-state index in [-0.39, 0.29) is 0 Å². The Morgan fingerprint density at radius 2 is 1.91 bits per heavy atom. The fourth-order valence-electron chi connectivity index (χ4n) is 2.34. The zero-order chi connectivity index (χ0) is 16.6. The van der Waals surface area contributed by atoms with Gasteiger partial charge in [0.05, 0.1) is 5.39 Å². The first-order chi connectivity index (χ1) is 11.0. The van der Waals surface area contributed by atoms with Crippen molar-refractivity contribution in [2.75, 3.05) is 5.73 Å². The van der Waals surface area contributed by atoms with Crippen molar-refractivity contribution in [2.24, 2.45) is 5.73 Å². The second-order valence-corrected chi connectivity index (χ2v) is 7.44. The van der Waals surface area contributed by atoms with Crippen molar-refractivity contribution in [1.82, 2.24) is 9.97 Å². The average Bonchev–Trinajstić information content (AvgIpc) is 2.80. The molecule has 23 heavy (non-hydrogen) atoms. The number of hydrogen-bond acceptors (Lipinski definition) is 6. The van der Waals surface area contributed by atoms with E-state index in [9.17, 15) is 4.79 Å². The van der Waals surface area contributed by atoms with Crippen molar-refractivity contribution in [1.29, 1.82) is 0 Å². The summed E-state index contributed by atoms with van der Waals surface area (Å²) in [6.45, 7) is 4.04.